The molecule has 0 unspecified atom stereocenters. The number of hydrogen-bond acceptors (Lipinski definition) is 2. The summed E-state index contributed by atoms with van der Waals surface area (Å²) >= 11 is 3.23. The fourth-order valence-corrected chi connectivity index (χ4v) is 1.50. The first-order chi connectivity index (χ1) is 6.29. The van der Waals surface area contributed by atoms with Crippen LogP contribution in [0.4, 0.5) is 4.39 Å². The lowest BCUT2D eigenvalue weighted by Gasteiger charge is -2.00. The van der Waals surface area contributed by atoms with Gasteiger partial charge in [-0.25, -0.2) is 9.97 Å². The van der Waals surface area contributed by atoms with Crippen LogP contribution in [0.1, 0.15) is 0 Å². The van der Waals surface area contributed by atoms with E-state index in [1.54, 1.807) is 18.5 Å². The van der Waals surface area contributed by atoms with Crippen molar-refractivity contribution in [1.29, 1.82) is 0 Å². The highest BCUT2D eigenvalue weighted by Crippen LogP contribution is 2.26. The number of halogens is 2. The fourth-order valence-electron chi connectivity index (χ4n) is 1.03. The number of aromatic amines is 1. The van der Waals surface area contributed by atoms with Gasteiger partial charge in [-0.15, -0.1) is 0 Å². The molecule has 2 aromatic rings. The van der Waals surface area contributed by atoms with Crippen LogP contribution in [0.15, 0.2) is 29.1 Å². The first-order valence-corrected chi connectivity index (χ1v) is 4.38. The van der Waals surface area contributed by atoms with Gasteiger partial charge >= 0.3 is 0 Å². The van der Waals surface area contributed by atoms with Gasteiger partial charge in [0.1, 0.15) is 5.82 Å². The molecule has 2 rings (SSSR count). The number of hydrogen-bond donors (Lipinski definition) is 1. The van der Waals surface area contributed by atoms with Crippen molar-refractivity contribution in [2.24, 2.45) is 0 Å². The molecule has 0 saturated carbocycles. The van der Waals surface area contributed by atoms with Gasteiger partial charge in [0.2, 0.25) is 5.95 Å². The Morgan fingerprint density at radius 1 is 1.31 bits per heavy atom. The van der Waals surface area contributed by atoms with Gasteiger partial charge in [0.15, 0.2) is 0 Å². The first-order valence-electron chi connectivity index (χ1n) is 3.59. The lowest BCUT2D eigenvalue weighted by Crippen LogP contribution is -1.91. The van der Waals surface area contributed by atoms with Crippen molar-refractivity contribution in [3.05, 3.63) is 35.1 Å². The summed E-state index contributed by atoms with van der Waals surface area (Å²) in [6.45, 7) is 0. The molecule has 0 aliphatic carbocycles. The van der Waals surface area contributed by atoms with Crippen molar-refractivity contribution < 1.29 is 4.39 Å². The van der Waals surface area contributed by atoms with Crippen molar-refractivity contribution in [1.82, 2.24) is 15.0 Å². The number of aromatic nitrogens is 3. The zero-order valence-electron chi connectivity index (χ0n) is 6.46. The maximum absolute atomic E-state index is 13.2. The van der Waals surface area contributed by atoms with Crippen molar-refractivity contribution in [3.63, 3.8) is 0 Å². The van der Waals surface area contributed by atoms with E-state index in [1.807, 2.05) is 0 Å². The minimum absolute atomic E-state index is 0.354. The Morgan fingerprint density at radius 3 is 2.77 bits per heavy atom. The molecule has 66 valence electrons. The predicted octanol–water partition coefficient (Wildman–Crippen LogP) is 2.37. The molecule has 0 radical (unpaired) electrons. The molecule has 0 aromatic carbocycles. The Bertz CT molecular complexity index is 393. The standard InChI is InChI=1S/C8H5BrFN3/c9-5-1-2-11-7(10)6(5)8-12-3-4-13-8/h1-4H,(H,12,13). The van der Waals surface area contributed by atoms with Gasteiger partial charge in [-0.05, 0) is 22.0 Å². The monoisotopic (exact) mass is 241 g/mol. The summed E-state index contributed by atoms with van der Waals surface area (Å²) < 4.78 is 13.8. The third-order valence-electron chi connectivity index (χ3n) is 1.59. The van der Waals surface area contributed by atoms with Gasteiger partial charge in [-0.3, -0.25) is 0 Å². The Morgan fingerprint density at radius 2 is 2.15 bits per heavy atom. The average molecular weight is 242 g/mol. The van der Waals surface area contributed by atoms with Crippen LogP contribution in [-0.4, -0.2) is 15.0 Å². The second-order valence-corrected chi connectivity index (χ2v) is 3.25. The summed E-state index contributed by atoms with van der Waals surface area (Å²) in [7, 11) is 0. The summed E-state index contributed by atoms with van der Waals surface area (Å²) in [5.74, 6) is -0.0678. The average Bonchev–Trinajstić information content (AvgIpc) is 2.57. The van der Waals surface area contributed by atoms with Crippen LogP contribution >= 0.6 is 15.9 Å². The van der Waals surface area contributed by atoms with Gasteiger partial charge < -0.3 is 4.98 Å². The molecule has 0 atom stereocenters. The van der Waals surface area contributed by atoms with Gasteiger partial charge in [-0.2, -0.15) is 4.39 Å². The fraction of sp³-hybridized carbons (Fsp3) is 0. The lowest BCUT2D eigenvalue weighted by atomic mass is 10.3. The number of nitrogens with one attached hydrogen (secondary N) is 1. The van der Waals surface area contributed by atoms with Crippen LogP contribution in [0.2, 0.25) is 0 Å². The van der Waals surface area contributed by atoms with Crippen LogP contribution in [0.3, 0.4) is 0 Å². The SMILES string of the molecule is Fc1nccc(Br)c1-c1ncc[nH]1. The molecule has 1 N–H and O–H groups in total. The normalized spacial score (nSPS) is 10.3. The van der Waals surface area contributed by atoms with Crippen molar-refractivity contribution >= 4 is 15.9 Å². The summed E-state index contributed by atoms with van der Waals surface area (Å²) in [5, 5.41) is 0. The molecule has 0 bridgehead atoms. The lowest BCUT2D eigenvalue weighted by molar-refractivity contribution is 0.585. The minimum atomic E-state index is -0.538. The molecule has 2 heterocycles. The third kappa shape index (κ3) is 1.47. The molecule has 3 nitrogen and oxygen atoms in total. The van der Waals surface area contributed by atoms with Crippen LogP contribution in [0, 0.1) is 5.95 Å². The molecular weight excluding hydrogens is 237 g/mol. The van der Waals surface area contributed by atoms with Crippen LogP contribution < -0.4 is 0 Å². The van der Waals surface area contributed by atoms with Crippen LogP contribution in [-0.2, 0) is 0 Å². The zero-order valence-corrected chi connectivity index (χ0v) is 8.05. The highest BCUT2D eigenvalue weighted by Gasteiger charge is 2.11. The largest absolute Gasteiger partial charge is 0.344 e. The predicted molar refractivity (Wildman–Crippen MR) is 49.5 cm³/mol. The highest BCUT2D eigenvalue weighted by molar-refractivity contribution is 9.10. The molecule has 2 aromatic heterocycles. The topological polar surface area (TPSA) is 41.6 Å². The van der Waals surface area contributed by atoms with Crippen LogP contribution in [0.5, 0.6) is 0 Å². The van der Waals surface area contributed by atoms with E-state index in [0.717, 1.165) is 0 Å². The van der Waals surface area contributed by atoms with E-state index in [9.17, 15) is 4.39 Å². The maximum atomic E-state index is 13.2. The Balaban J connectivity index is 2.64. The van der Waals surface area contributed by atoms with Crippen molar-refractivity contribution in [2.75, 3.05) is 0 Å². The van der Waals surface area contributed by atoms with Gasteiger partial charge in [0, 0.05) is 23.1 Å². The molecule has 0 spiro atoms. The maximum Gasteiger partial charge on any atom is 0.225 e. The van der Waals surface area contributed by atoms with Gasteiger partial charge in [0.05, 0.1) is 5.56 Å². The second-order valence-electron chi connectivity index (χ2n) is 2.40. The molecule has 0 aliphatic rings. The van der Waals surface area contributed by atoms with E-state index in [0.29, 0.717) is 15.9 Å². The molecule has 0 amide bonds. The molecular formula is C8H5BrFN3. The third-order valence-corrected chi connectivity index (χ3v) is 2.25. The van der Waals surface area contributed by atoms with Crippen molar-refractivity contribution in [2.45, 2.75) is 0 Å². The van der Waals surface area contributed by atoms with Gasteiger partial charge in [0.25, 0.3) is 0 Å². The Hall–Kier alpha value is -1.23. The first kappa shape index (κ1) is 8.37. The molecule has 5 heteroatoms. The molecule has 13 heavy (non-hydrogen) atoms. The number of rotatable bonds is 1. The molecule has 0 saturated heterocycles. The minimum Gasteiger partial charge on any atom is -0.344 e. The number of H-pyrrole nitrogens is 1. The number of nitrogens with zero attached hydrogens (tertiary/aromatic N) is 2. The second kappa shape index (κ2) is 3.26. The van der Waals surface area contributed by atoms with E-state index in [-0.39, 0.29) is 0 Å². The smallest absolute Gasteiger partial charge is 0.225 e. The Kier molecular flexibility index (Phi) is 2.10. The number of pyridine rings is 1. The van der Waals surface area contributed by atoms with Gasteiger partial charge in [-0.1, -0.05) is 0 Å². The Labute approximate surface area is 82.2 Å². The van der Waals surface area contributed by atoms with E-state index in [4.69, 9.17) is 0 Å². The quantitative estimate of drug-likeness (QED) is 0.780. The van der Waals surface area contributed by atoms with Crippen LogP contribution in [0.25, 0.3) is 11.4 Å². The number of imidazole rings is 1. The summed E-state index contributed by atoms with van der Waals surface area (Å²) in [4.78, 5) is 10.3. The molecule has 0 aliphatic heterocycles. The van der Waals surface area contributed by atoms with E-state index >= 15 is 0 Å². The highest BCUT2D eigenvalue weighted by atomic mass is 79.9. The summed E-state index contributed by atoms with van der Waals surface area (Å²) in [6.07, 6.45) is 4.59. The molecule has 0 fully saturated rings. The van der Waals surface area contributed by atoms with E-state index < -0.39 is 5.95 Å². The van der Waals surface area contributed by atoms with E-state index in [2.05, 4.69) is 30.9 Å². The summed E-state index contributed by atoms with van der Waals surface area (Å²) in [6, 6.07) is 1.67. The summed E-state index contributed by atoms with van der Waals surface area (Å²) in [5.41, 5.74) is 0.354. The van der Waals surface area contributed by atoms with Crippen molar-refractivity contribution in [3.8, 4) is 11.4 Å². The van der Waals surface area contributed by atoms with E-state index in [1.165, 1.54) is 6.20 Å². The zero-order chi connectivity index (χ0) is 9.26.